The van der Waals surface area contributed by atoms with Gasteiger partial charge in [-0.1, -0.05) is 24.3 Å². The normalized spacial score (nSPS) is 10.9. The third kappa shape index (κ3) is 3.91. The number of anilines is 1. The molecule has 0 unspecified atom stereocenters. The number of carbonyl (C=O) groups is 3. The molecule has 0 saturated heterocycles. The molecule has 0 heterocycles. The SMILES string of the molecule is Cc1ccc(C(=O)N(C)C(C)(C)C(=O)O)cc1NC(=O)c1ccccc1. The number of amides is 2. The van der Waals surface area contributed by atoms with Crippen LogP contribution in [0.2, 0.25) is 0 Å². The van der Waals surface area contributed by atoms with E-state index in [0.717, 1.165) is 5.56 Å². The molecule has 2 rings (SSSR count). The quantitative estimate of drug-likeness (QED) is 0.863. The summed E-state index contributed by atoms with van der Waals surface area (Å²) in [6.45, 7) is 4.73. The van der Waals surface area contributed by atoms with Crippen LogP contribution in [0, 0.1) is 6.92 Å². The predicted octanol–water partition coefficient (Wildman–Crippen LogP) is 3.18. The van der Waals surface area contributed by atoms with Gasteiger partial charge in [-0.2, -0.15) is 0 Å². The summed E-state index contributed by atoms with van der Waals surface area (Å²) < 4.78 is 0. The molecular formula is C20H22N2O4. The number of rotatable bonds is 5. The summed E-state index contributed by atoms with van der Waals surface area (Å²) in [5.41, 5.74) is 0.760. The first-order valence-electron chi connectivity index (χ1n) is 8.13. The second-order valence-corrected chi connectivity index (χ2v) is 6.58. The van der Waals surface area contributed by atoms with Crippen molar-refractivity contribution in [3.05, 3.63) is 65.2 Å². The van der Waals surface area contributed by atoms with Crippen LogP contribution in [0.3, 0.4) is 0 Å². The Kier molecular flexibility index (Phi) is 5.45. The third-order valence-corrected chi connectivity index (χ3v) is 4.44. The number of carboxylic acid groups (broad SMARTS) is 1. The fourth-order valence-corrected chi connectivity index (χ4v) is 2.26. The van der Waals surface area contributed by atoms with E-state index in [0.29, 0.717) is 16.8 Å². The molecule has 0 fully saturated rings. The Morgan fingerprint density at radius 2 is 1.62 bits per heavy atom. The Morgan fingerprint density at radius 1 is 1.00 bits per heavy atom. The van der Waals surface area contributed by atoms with Crippen molar-refractivity contribution in [2.24, 2.45) is 0 Å². The lowest BCUT2D eigenvalue weighted by Crippen LogP contribution is -2.50. The number of nitrogens with one attached hydrogen (secondary N) is 1. The highest BCUT2D eigenvalue weighted by atomic mass is 16.4. The highest BCUT2D eigenvalue weighted by Crippen LogP contribution is 2.22. The molecule has 0 saturated carbocycles. The van der Waals surface area contributed by atoms with Crippen LogP contribution in [0.4, 0.5) is 5.69 Å². The first kappa shape index (κ1) is 19.2. The first-order valence-corrected chi connectivity index (χ1v) is 8.13. The highest BCUT2D eigenvalue weighted by molar-refractivity contribution is 6.05. The molecular weight excluding hydrogens is 332 g/mol. The van der Waals surface area contributed by atoms with Crippen molar-refractivity contribution in [2.75, 3.05) is 12.4 Å². The third-order valence-electron chi connectivity index (χ3n) is 4.44. The number of likely N-dealkylation sites (N-methyl/N-ethyl adjacent to an activating group) is 1. The molecule has 0 radical (unpaired) electrons. The molecule has 0 aliphatic rings. The van der Waals surface area contributed by atoms with Crippen molar-refractivity contribution in [3.8, 4) is 0 Å². The van der Waals surface area contributed by atoms with Crippen molar-refractivity contribution in [2.45, 2.75) is 26.3 Å². The average molecular weight is 354 g/mol. The molecule has 0 aliphatic heterocycles. The number of nitrogens with zero attached hydrogens (tertiary/aromatic N) is 1. The van der Waals surface area contributed by atoms with Gasteiger partial charge in [0, 0.05) is 23.9 Å². The van der Waals surface area contributed by atoms with Gasteiger partial charge >= 0.3 is 5.97 Å². The minimum atomic E-state index is -1.35. The molecule has 6 heteroatoms. The second kappa shape index (κ2) is 7.39. The maximum atomic E-state index is 12.7. The molecule has 136 valence electrons. The topological polar surface area (TPSA) is 86.7 Å². The number of aliphatic carboxylic acids is 1. The van der Waals surface area contributed by atoms with Gasteiger partial charge in [0.2, 0.25) is 0 Å². The van der Waals surface area contributed by atoms with Crippen molar-refractivity contribution < 1.29 is 19.5 Å². The van der Waals surface area contributed by atoms with E-state index in [1.807, 2.05) is 13.0 Å². The van der Waals surface area contributed by atoms with Gasteiger partial charge in [0.15, 0.2) is 0 Å². The van der Waals surface area contributed by atoms with Gasteiger partial charge < -0.3 is 15.3 Å². The lowest BCUT2D eigenvalue weighted by Gasteiger charge is -2.31. The van der Waals surface area contributed by atoms with Crippen LogP contribution in [-0.2, 0) is 4.79 Å². The summed E-state index contributed by atoms with van der Waals surface area (Å²) in [4.78, 5) is 37.6. The second-order valence-electron chi connectivity index (χ2n) is 6.58. The van der Waals surface area contributed by atoms with Crippen molar-refractivity contribution in [1.82, 2.24) is 4.90 Å². The molecule has 0 spiro atoms. The van der Waals surface area contributed by atoms with Crippen LogP contribution in [0.1, 0.15) is 40.1 Å². The van der Waals surface area contributed by atoms with Gasteiger partial charge in [-0.3, -0.25) is 9.59 Å². The number of hydrogen-bond acceptors (Lipinski definition) is 3. The van der Waals surface area contributed by atoms with Gasteiger partial charge in [0.25, 0.3) is 11.8 Å². The summed E-state index contributed by atoms with van der Waals surface area (Å²) in [5.74, 6) is -1.82. The summed E-state index contributed by atoms with van der Waals surface area (Å²) >= 11 is 0. The average Bonchev–Trinajstić information content (AvgIpc) is 2.62. The summed E-state index contributed by atoms with van der Waals surface area (Å²) in [6.07, 6.45) is 0. The van der Waals surface area contributed by atoms with Crippen molar-refractivity contribution in [3.63, 3.8) is 0 Å². The van der Waals surface area contributed by atoms with E-state index >= 15 is 0 Å². The monoisotopic (exact) mass is 354 g/mol. The van der Waals surface area contributed by atoms with E-state index in [-0.39, 0.29) is 5.91 Å². The van der Waals surface area contributed by atoms with Crippen LogP contribution >= 0.6 is 0 Å². The standard InChI is InChI=1S/C20H22N2O4/c1-13-10-11-15(18(24)22(4)20(2,3)19(25)26)12-16(13)21-17(23)14-8-6-5-7-9-14/h5-12H,1-4H3,(H,21,23)(H,25,26). The van der Waals surface area contributed by atoms with E-state index in [1.54, 1.807) is 42.5 Å². The van der Waals surface area contributed by atoms with E-state index < -0.39 is 17.4 Å². The van der Waals surface area contributed by atoms with Crippen LogP contribution in [0.25, 0.3) is 0 Å². The minimum absolute atomic E-state index is 0.280. The molecule has 0 bridgehead atoms. The number of carboxylic acids is 1. The molecule has 2 amide bonds. The zero-order valence-corrected chi connectivity index (χ0v) is 15.2. The molecule has 2 aromatic rings. The van der Waals surface area contributed by atoms with Crippen molar-refractivity contribution >= 4 is 23.5 Å². The van der Waals surface area contributed by atoms with E-state index in [9.17, 15) is 19.5 Å². The maximum Gasteiger partial charge on any atom is 0.329 e. The van der Waals surface area contributed by atoms with Crippen LogP contribution < -0.4 is 5.32 Å². The Morgan fingerprint density at radius 3 is 2.19 bits per heavy atom. The van der Waals surface area contributed by atoms with Gasteiger partial charge in [-0.25, -0.2) is 4.79 Å². The number of carbonyl (C=O) groups excluding carboxylic acids is 2. The van der Waals surface area contributed by atoms with E-state index in [1.165, 1.54) is 25.8 Å². The van der Waals surface area contributed by atoms with Crippen LogP contribution in [-0.4, -0.2) is 40.4 Å². The smallest absolute Gasteiger partial charge is 0.329 e. The summed E-state index contributed by atoms with van der Waals surface area (Å²) in [5, 5.41) is 12.1. The molecule has 0 aromatic heterocycles. The van der Waals surface area contributed by atoms with Gasteiger partial charge in [-0.15, -0.1) is 0 Å². The van der Waals surface area contributed by atoms with Gasteiger partial charge in [0.1, 0.15) is 5.54 Å². The molecule has 2 N–H and O–H groups in total. The van der Waals surface area contributed by atoms with Crippen LogP contribution in [0.5, 0.6) is 0 Å². The van der Waals surface area contributed by atoms with Crippen LogP contribution in [0.15, 0.2) is 48.5 Å². The Hall–Kier alpha value is -3.15. The predicted molar refractivity (Wildman–Crippen MR) is 99.4 cm³/mol. The Labute approximate surface area is 152 Å². The van der Waals surface area contributed by atoms with E-state index in [4.69, 9.17) is 0 Å². The molecule has 26 heavy (non-hydrogen) atoms. The van der Waals surface area contributed by atoms with Crippen molar-refractivity contribution in [1.29, 1.82) is 0 Å². The first-order chi connectivity index (χ1) is 12.1. The minimum Gasteiger partial charge on any atom is -0.480 e. The highest BCUT2D eigenvalue weighted by Gasteiger charge is 2.35. The molecule has 2 aromatic carbocycles. The summed E-state index contributed by atoms with van der Waals surface area (Å²) in [6, 6.07) is 13.6. The Bertz CT molecular complexity index is 844. The molecule has 6 nitrogen and oxygen atoms in total. The maximum absolute atomic E-state index is 12.7. The zero-order chi connectivity index (χ0) is 19.5. The number of aryl methyl sites for hydroxylation is 1. The van der Waals surface area contributed by atoms with E-state index in [2.05, 4.69) is 5.32 Å². The van der Waals surface area contributed by atoms with Gasteiger partial charge in [0.05, 0.1) is 0 Å². The lowest BCUT2D eigenvalue weighted by molar-refractivity contribution is -0.147. The Balaban J connectivity index is 2.28. The van der Waals surface area contributed by atoms with Gasteiger partial charge in [-0.05, 0) is 50.6 Å². The fourth-order valence-electron chi connectivity index (χ4n) is 2.26. The number of benzene rings is 2. The molecule has 0 atom stereocenters. The fraction of sp³-hybridized carbons (Fsp3) is 0.250. The number of hydrogen-bond donors (Lipinski definition) is 2. The summed E-state index contributed by atoms with van der Waals surface area (Å²) in [7, 11) is 1.44. The molecule has 0 aliphatic carbocycles. The lowest BCUT2D eigenvalue weighted by atomic mass is 10.0. The zero-order valence-electron chi connectivity index (χ0n) is 15.2. The largest absolute Gasteiger partial charge is 0.480 e.